The van der Waals surface area contributed by atoms with E-state index >= 15 is 0 Å². The molecule has 102 valence electrons. The minimum atomic E-state index is -1.17. The van der Waals surface area contributed by atoms with Crippen molar-refractivity contribution in [1.82, 2.24) is 5.32 Å². The molecular formula is C13H15NO5. The molecule has 2 unspecified atom stereocenters. The van der Waals surface area contributed by atoms with Crippen LogP contribution < -0.4 is 10.1 Å². The first-order valence-electron chi connectivity index (χ1n) is 6.00. The molecule has 6 nitrogen and oxygen atoms in total. The van der Waals surface area contributed by atoms with E-state index in [1.54, 1.807) is 6.07 Å². The van der Waals surface area contributed by atoms with Gasteiger partial charge >= 0.3 is 5.97 Å². The highest BCUT2D eigenvalue weighted by Crippen LogP contribution is 2.28. The highest BCUT2D eigenvalue weighted by Gasteiger charge is 2.31. The predicted octanol–water partition coefficient (Wildman–Crippen LogP) is -0.0581. The van der Waals surface area contributed by atoms with Crippen molar-refractivity contribution in [1.29, 1.82) is 0 Å². The SMILES string of the molecule is O=C(O)C(CCO)NC(=O)C1Cc2ccccc2O1. The van der Waals surface area contributed by atoms with Crippen LogP contribution in [-0.2, 0) is 16.0 Å². The Morgan fingerprint density at radius 2 is 2.16 bits per heavy atom. The van der Waals surface area contributed by atoms with Crippen LogP contribution in [0.3, 0.4) is 0 Å². The Hall–Kier alpha value is -2.08. The lowest BCUT2D eigenvalue weighted by Crippen LogP contribution is -2.47. The Bertz CT molecular complexity index is 463. The van der Waals surface area contributed by atoms with Crippen LogP contribution in [0.4, 0.5) is 0 Å². The molecule has 0 saturated heterocycles. The maximum atomic E-state index is 11.9. The van der Waals surface area contributed by atoms with Gasteiger partial charge in [0, 0.05) is 19.4 Å². The Kier molecular flexibility index (Phi) is 4.01. The summed E-state index contributed by atoms with van der Waals surface area (Å²) in [6.07, 6.45) is -0.313. The largest absolute Gasteiger partial charge is 0.480 e. The summed E-state index contributed by atoms with van der Waals surface area (Å²) in [4.78, 5) is 22.8. The number of carboxylic acids is 1. The van der Waals surface area contributed by atoms with Crippen molar-refractivity contribution in [2.75, 3.05) is 6.61 Å². The number of hydrogen-bond donors (Lipinski definition) is 3. The minimum absolute atomic E-state index is 0.0270. The molecule has 2 atom stereocenters. The first-order valence-corrected chi connectivity index (χ1v) is 6.00. The first kappa shape index (κ1) is 13.4. The molecule has 0 bridgehead atoms. The Labute approximate surface area is 110 Å². The summed E-state index contributed by atoms with van der Waals surface area (Å²) in [5.74, 6) is -0.994. The molecule has 1 aliphatic rings. The molecule has 19 heavy (non-hydrogen) atoms. The molecule has 0 aliphatic carbocycles. The van der Waals surface area contributed by atoms with E-state index in [0.29, 0.717) is 12.2 Å². The van der Waals surface area contributed by atoms with Gasteiger partial charge in [0.2, 0.25) is 0 Å². The van der Waals surface area contributed by atoms with E-state index < -0.39 is 24.0 Å². The number of nitrogens with one attached hydrogen (secondary N) is 1. The molecule has 1 aromatic carbocycles. The van der Waals surface area contributed by atoms with Crippen molar-refractivity contribution in [3.8, 4) is 5.75 Å². The van der Waals surface area contributed by atoms with Gasteiger partial charge in [0.25, 0.3) is 5.91 Å². The number of amides is 1. The molecule has 0 aromatic heterocycles. The summed E-state index contributed by atoms with van der Waals surface area (Å²) < 4.78 is 5.46. The normalized spacial score (nSPS) is 18.3. The van der Waals surface area contributed by atoms with Crippen molar-refractivity contribution >= 4 is 11.9 Å². The summed E-state index contributed by atoms with van der Waals surface area (Å²) in [7, 11) is 0. The monoisotopic (exact) mass is 265 g/mol. The quantitative estimate of drug-likeness (QED) is 0.693. The van der Waals surface area contributed by atoms with Gasteiger partial charge in [0.05, 0.1) is 0 Å². The summed E-state index contributed by atoms with van der Waals surface area (Å²) in [5.41, 5.74) is 0.927. The molecule has 0 radical (unpaired) electrons. The Morgan fingerprint density at radius 3 is 2.79 bits per heavy atom. The second-order valence-electron chi connectivity index (χ2n) is 4.33. The number of carbonyl (C=O) groups is 2. The van der Waals surface area contributed by atoms with Crippen LogP contribution in [0.15, 0.2) is 24.3 Å². The molecule has 0 saturated carbocycles. The van der Waals surface area contributed by atoms with E-state index in [9.17, 15) is 9.59 Å². The van der Waals surface area contributed by atoms with Gasteiger partial charge in [0.15, 0.2) is 6.10 Å². The van der Waals surface area contributed by atoms with Crippen molar-refractivity contribution in [3.63, 3.8) is 0 Å². The standard InChI is InChI=1S/C13H15NO5/c15-6-5-9(13(17)18)14-12(16)11-7-8-3-1-2-4-10(8)19-11/h1-4,9,11,15H,5-7H2,(H,14,16)(H,17,18). The third-order valence-corrected chi connectivity index (χ3v) is 2.97. The zero-order chi connectivity index (χ0) is 13.8. The zero-order valence-electron chi connectivity index (χ0n) is 10.2. The van der Waals surface area contributed by atoms with Crippen molar-refractivity contribution < 1.29 is 24.5 Å². The number of ether oxygens (including phenoxy) is 1. The second-order valence-corrected chi connectivity index (χ2v) is 4.33. The highest BCUT2D eigenvalue weighted by molar-refractivity contribution is 5.87. The van der Waals surface area contributed by atoms with Gasteiger partial charge in [-0.2, -0.15) is 0 Å². The summed E-state index contributed by atoms with van der Waals surface area (Å²) in [5, 5.41) is 20.0. The average molecular weight is 265 g/mol. The fourth-order valence-electron chi connectivity index (χ4n) is 1.98. The number of carbonyl (C=O) groups excluding carboxylic acids is 1. The van der Waals surface area contributed by atoms with E-state index in [1.165, 1.54) is 0 Å². The van der Waals surface area contributed by atoms with Crippen molar-refractivity contribution in [3.05, 3.63) is 29.8 Å². The lowest BCUT2D eigenvalue weighted by molar-refractivity contribution is -0.143. The van der Waals surface area contributed by atoms with Crippen LogP contribution in [-0.4, -0.2) is 40.8 Å². The number of fused-ring (bicyclic) bond motifs is 1. The van der Waals surface area contributed by atoms with Gasteiger partial charge in [-0.05, 0) is 11.6 Å². The molecule has 1 heterocycles. The third-order valence-electron chi connectivity index (χ3n) is 2.97. The van der Waals surface area contributed by atoms with Gasteiger partial charge in [0.1, 0.15) is 11.8 Å². The topological polar surface area (TPSA) is 95.9 Å². The number of aliphatic carboxylic acids is 1. The van der Waals surface area contributed by atoms with Crippen LogP contribution >= 0.6 is 0 Å². The molecule has 2 rings (SSSR count). The molecular weight excluding hydrogens is 250 g/mol. The first-order chi connectivity index (χ1) is 9.11. The van der Waals surface area contributed by atoms with Gasteiger partial charge < -0.3 is 20.3 Å². The molecule has 0 fully saturated rings. The molecule has 0 spiro atoms. The Morgan fingerprint density at radius 1 is 1.42 bits per heavy atom. The number of aliphatic hydroxyl groups excluding tert-OH is 1. The van der Waals surface area contributed by atoms with Crippen LogP contribution in [0.2, 0.25) is 0 Å². The summed E-state index contributed by atoms with van der Waals surface area (Å²) in [6, 6.07) is 6.21. The molecule has 1 aliphatic heterocycles. The predicted molar refractivity (Wildman–Crippen MR) is 65.8 cm³/mol. The van der Waals surface area contributed by atoms with Gasteiger partial charge in [-0.1, -0.05) is 18.2 Å². The number of rotatable bonds is 5. The fraction of sp³-hybridized carbons (Fsp3) is 0.385. The van der Waals surface area contributed by atoms with Gasteiger partial charge in [-0.3, -0.25) is 4.79 Å². The lowest BCUT2D eigenvalue weighted by Gasteiger charge is -2.16. The van der Waals surface area contributed by atoms with E-state index in [4.69, 9.17) is 14.9 Å². The van der Waals surface area contributed by atoms with Crippen LogP contribution in [0.1, 0.15) is 12.0 Å². The van der Waals surface area contributed by atoms with Crippen molar-refractivity contribution in [2.24, 2.45) is 0 Å². The maximum absolute atomic E-state index is 11.9. The third kappa shape index (κ3) is 3.03. The van der Waals surface area contributed by atoms with Gasteiger partial charge in [-0.15, -0.1) is 0 Å². The number of benzene rings is 1. The summed E-state index contributed by atoms with van der Waals surface area (Å²) in [6.45, 7) is -0.303. The smallest absolute Gasteiger partial charge is 0.326 e. The average Bonchev–Trinajstić information content (AvgIpc) is 2.81. The molecule has 3 N–H and O–H groups in total. The van der Waals surface area contributed by atoms with E-state index in [-0.39, 0.29) is 13.0 Å². The van der Waals surface area contributed by atoms with E-state index in [2.05, 4.69) is 5.32 Å². The van der Waals surface area contributed by atoms with Crippen LogP contribution in [0.5, 0.6) is 5.75 Å². The number of aliphatic hydroxyl groups is 1. The number of hydrogen-bond acceptors (Lipinski definition) is 4. The van der Waals surface area contributed by atoms with Gasteiger partial charge in [-0.25, -0.2) is 4.79 Å². The van der Waals surface area contributed by atoms with Crippen molar-refractivity contribution in [2.45, 2.75) is 25.0 Å². The zero-order valence-corrected chi connectivity index (χ0v) is 10.2. The van der Waals surface area contributed by atoms with Crippen LogP contribution in [0.25, 0.3) is 0 Å². The fourth-order valence-corrected chi connectivity index (χ4v) is 1.98. The van der Waals surface area contributed by atoms with E-state index in [1.807, 2.05) is 18.2 Å². The molecule has 1 amide bonds. The number of carboxylic acid groups (broad SMARTS) is 1. The second kappa shape index (κ2) is 5.71. The molecule has 6 heteroatoms. The lowest BCUT2D eigenvalue weighted by atomic mass is 10.1. The van der Waals surface area contributed by atoms with E-state index in [0.717, 1.165) is 5.56 Å². The highest BCUT2D eigenvalue weighted by atomic mass is 16.5. The maximum Gasteiger partial charge on any atom is 0.326 e. The summed E-state index contributed by atoms with van der Waals surface area (Å²) >= 11 is 0. The minimum Gasteiger partial charge on any atom is -0.480 e. The Balaban J connectivity index is 1.97. The number of para-hydroxylation sites is 1. The molecule has 1 aromatic rings. The van der Waals surface area contributed by atoms with Crippen LogP contribution in [0, 0.1) is 0 Å².